The molecule has 1 atom stereocenters. The van der Waals surface area contributed by atoms with Gasteiger partial charge in [-0.05, 0) is 32.0 Å². The van der Waals surface area contributed by atoms with Crippen LogP contribution in [-0.4, -0.2) is 33.8 Å². The van der Waals surface area contributed by atoms with Crippen molar-refractivity contribution in [3.05, 3.63) is 10.7 Å². The van der Waals surface area contributed by atoms with Crippen molar-refractivity contribution in [1.82, 2.24) is 4.98 Å². The lowest BCUT2D eigenvalue weighted by Gasteiger charge is -2.36. The largest absolute Gasteiger partial charge is 0.416 e. The Labute approximate surface area is 140 Å². The van der Waals surface area contributed by atoms with Crippen molar-refractivity contribution in [3.8, 4) is 0 Å². The summed E-state index contributed by atoms with van der Waals surface area (Å²) in [6, 6.07) is 0. The Hall–Kier alpha value is -0.123. The van der Waals surface area contributed by atoms with E-state index in [1.54, 1.807) is 13.8 Å². The van der Waals surface area contributed by atoms with E-state index in [2.05, 4.69) is 38.8 Å². The standard InChI is InChI=1S/C14H27NO4S2Si/c1-13(2,3)22(6,7)19-9-8-10-11(21(17)18)20-12(15-10)14(4,5)16/h16H,8-9H2,1-7H3,(H,17,18). The molecule has 1 aromatic rings. The molecule has 8 heteroatoms. The third-order valence-electron chi connectivity index (χ3n) is 3.95. The summed E-state index contributed by atoms with van der Waals surface area (Å²) in [4.78, 5) is 4.34. The van der Waals surface area contributed by atoms with E-state index < -0.39 is 25.0 Å². The summed E-state index contributed by atoms with van der Waals surface area (Å²) < 4.78 is 27.2. The molecule has 0 aliphatic rings. The van der Waals surface area contributed by atoms with Gasteiger partial charge < -0.3 is 14.1 Å². The lowest BCUT2D eigenvalue weighted by molar-refractivity contribution is 0.0780. The average molecular weight is 366 g/mol. The van der Waals surface area contributed by atoms with E-state index in [0.29, 0.717) is 27.9 Å². The van der Waals surface area contributed by atoms with Crippen LogP contribution in [0.1, 0.15) is 45.3 Å². The van der Waals surface area contributed by atoms with Crippen molar-refractivity contribution >= 4 is 30.7 Å². The van der Waals surface area contributed by atoms with Crippen LogP contribution < -0.4 is 0 Å². The van der Waals surface area contributed by atoms with Gasteiger partial charge in [-0.25, -0.2) is 9.19 Å². The molecule has 0 aromatic carbocycles. The normalized spacial score (nSPS) is 15.1. The van der Waals surface area contributed by atoms with Gasteiger partial charge in [0, 0.05) is 13.0 Å². The molecule has 22 heavy (non-hydrogen) atoms. The van der Waals surface area contributed by atoms with E-state index in [0.717, 1.165) is 11.3 Å². The molecule has 5 nitrogen and oxygen atoms in total. The number of nitrogens with zero attached hydrogens (tertiary/aromatic N) is 1. The Morgan fingerprint density at radius 2 is 1.82 bits per heavy atom. The van der Waals surface area contributed by atoms with E-state index in [9.17, 15) is 13.9 Å². The summed E-state index contributed by atoms with van der Waals surface area (Å²) in [6.45, 7) is 14.5. The van der Waals surface area contributed by atoms with E-state index >= 15 is 0 Å². The third-order valence-corrected chi connectivity index (χ3v) is 10.9. The first kappa shape index (κ1) is 19.9. The van der Waals surface area contributed by atoms with Gasteiger partial charge in [-0.2, -0.15) is 0 Å². The van der Waals surface area contributed by atoms with Gasteiger partial charge in [-0.15, -0.1) is 11.3 Å². The van der Waals surface area contributed by atoms with Crippen molar-refractivity contribution in [2.75, 3.05) is 6.61 Å². The molecule has 0 bridgehead atoms. The number of aliphatic hydroxyl groups is 1. The number of rotatable bonds is 6. The Bertz CT molecular complexity index is 544. The lowest BCUT2D eigenvalue weighted by Crippen LogP contribution is -2.41. The molecule has 0 aliphatic carbocycles. The van der Waals surface area contributed by atoms with Gasteiger partial charge in [-0.3, -0.25) is 0 Å². The number of hydrogen-bond acceptors (Lipinski definition) is 5. The first-order valence-corrected chi connectivity index (χ1v) is 12.1. The molecular weight excluding hydrogens is 338 g/mol. The maximum atomic E-state index is 11.4. The summed E-state index contributed by atoms with van der Waals surface area (Å²) in [7, 11) is -1.85. The molecule has 0 radical (unpaired) electrons. The molecule has 128 valence electrons. The van der Waals surface area contributed by atoms with Gasteiger partial charge in [0.25, 0.3) is 0 Å². The smallest absolute Gasteiger partial charge is 0.198 e. The van der Waals surface area contributed by atoms with Crippen LogP contribution in [0.4, 0.5) is 0 Å². The highest BCUT2D eigenvalue weighted by molar-refractivity contribution is 7.81. The Morgan fingerprint density at radius 3 is 2.23 bits per heavy atom. The minimum atomic E-state index is -2.10. The number of hydrogen-bond donors (Lipinski definition) is 2. The summed E-state index contributed by atoms with van der Waals surface area (Å²) in [5, 5.41) is 10.6. The van der Waals surface area contributed by atoms with Gasteiger partial charge in [0.2, 0.25) is 0 Å². The van der Waals surface area contributed by atoms with Crippen LogP contribution in [0.25, 0.3) is 0 Å². The van der Waals surface area contributed by atoms with Gasteiger partial charge >= 0.3 is 0 Å². The molecule has 0 fully saturated rings. The monoisotopic (exact) mass is 365 g/mol. The fourth-order valence-corrected chi connectivity index (χ4v) is 4.28. The minimum absolute atomic E-state index is 0.121. The highest BCUT2D eigenvalue weighted by atomic mass is 32.2. The van der Waals surface area contributed by atoms with Gasteiger partial charge in [0.15, 0.2) is 19.4 Å². The molecule has 2 N–H and O–H groups in total. The molecule has 0 spiro atoms. The van der Waals surface area contributed by atoms with Crippen LogP contribution in [0.3, 0.4) is 0 Å². The fraction of sp³-hybridized carbons (Fsp3) is 0.786. The highest BCUT2D eigenvalue weighted by Crippen LogP contribution is 2.37. The van der Waals surface area contributed by atoms with Crippen LogP contribution in [0.2, 0.25) is 18.1 Å². The zero-order chi connectivity index (χ0) is 17.3. The first-order chi connectivity index (χ1) is 9.75. The number of thiazole rings is 1. The molecule has 1 unspecified atom stereocenters. The average Bonchev–Trinajstić information content (AvgIpc) is 2.71. The molecule has 1 rings (SSSR count). The summed E-state index contributed by atoms with van der Waals surface area (Å²) in [6.07, 6.45) is 0.473. The first-order valence-electron chi connectivity index (χ1n) is 7.23. The second-order valence-electron chi connectivity index (χ2n) is 7.42. The predicted molar refractivity (Wildman–Crippen MR) is 93.2 cm³/mol. The second kappa shape index (κ2) is 6.78. The lowest BCUT2D eigenvalue weighted by atomic mass is 10.1. The van der Waals surface area contributed by atoms with E-state index in [1.165, 1.54) is 0 Å². The van der Waals surface area contributed by atoms with Gasteiger partial charge in [-0.1, -0.05) is 20.8 Å². The zero-order valence-corrected chi connectivity index (χ0v) is 17.0. The van der Waals surface area contributed by atoms with E-state index in [-0.39, 0.29) is 5.04 Å². The van der Waals surface area contributed by atoms with Crippen molar-refractivity contribution in [3.63, 3.8) is 0 Å². The van der Waals surface area contributed by atoms with Crippen LogP contribution in [-0.2, 0) is 27.5 Å². The van der Waals surface area contributed by atoms with Crippen LogP contribution >= 0.6 is 11.3 Å². The zero-order valence-electron chi connectivity index (χ0n) is 14.4. The Balaban J connectivity index is 2.86. The molecule has 1 aromatic heterocycles. The second-order valence-corrected chi connectivity index (χ2v) is 14.4. The number of aromatic nitrogens is 1. The quantitative estimate of drug-likeness (QED) is 0.595. The molecule has 0 amide bonds. The summed E-state index contributed by atoms with van der Waals surface area (Å²) >= 11 is -1.01. The Morgan fingerprint density at radius 1 is 1.27 bits per heavy atom. The molecule has 0 aliphatic heterocycles. The summed E-state index contributed by atoms with van der Waals surface area (Å²) in [5.74, 6) is 0. The van der Waals surface area contributed by atoms with Crippen molar-refractivity contribution in [2.24, 2.45) is 0 Å². The molecular formula is C14H27NO4S2Si. The van der Waals surface area contributed by atoms with Crippen LogP contribution in [0, 0.1) is 0 Å². The maximum absolute atomic E-state index is 11.4. The maximum Gasteiger partial charge on any atom is 0.198 e. The van der Waals surface area contributed by atoms with Crippen molar-refractivity contribution in [1.29, 1.82) is 0 Å². The SMILES string of the molecule is CC(C)(O)c1nc(CCO[Si](C)(C)C(C)(C)C)c(S(=O)O)s1. The van der Waals surface area contributed by atoms with Crippen LogP contribution in [0.15, 0.2) is 4.21 Å². The van der Waals surface area contributed by atoms with Crippen molar-refractivity contribution < 1.29 is 18.3 Å². The molecule has 0 saturated heterocycles. The third kappa shape index (κ3) is 4.94. The fourth-order valence-electron chi connectivity index (χ4n) is 1.51. The molecule has 0 saturated carbocycles. The van der Waals surface area contributed by atoms with Gasteiger partial charge in [0.1, 0.15) is 14.8 Å². The minimum Gasteiger partial charge on any atom is -0.416 e. The highest BCUT2D eigenvalue weighted by Gasteiger charge is 2.37. The predicted octanol–water partition coefficient (Wildman–Crippen LogP) is 3.52. The summed E-state index contributed by atoms with van der Waals surface area (Å²) in [5.41, 5.74) is -0.571. The molecule has 1 heterocycles. The van der Waals surface area contributed by atoms with Gasteiger partial charge in [0.05, 0.1) is 5.69 Å². The van der Waals surface area contributed by atoms with Crippen molar-refractivity contribution in [2.45, 2.75) is 69.0 Å². The Kier molecular flexibility index (Phi) is 6.14. The van der Waals surface area contributed by atoms with E-state index in [1.807, 2.05) is 0 Å². The van der Waals surface area contributed by atoms with E-state index in [4.69, 9.17) is 4.43 Å². The topological polar surface area (TPSA) is 79.7 Å². The van der Waals surface area contributed by atoms with Crippen LogP contribution in [0.5, 0.6) is 0 Å².